The van der Waals surface area contributed by atoms with Crippen molar-refractivity contribution in [2.75, 3.05) is 19.7 Å². The molecule has 0 saturated carbocycles. The molecule has 0 aromatic carbocycles. The lowest BCUT2D eigenvalue weighted by Gasteiger charge is -2.23. The minimum Gasteiger partial charge on any atom is -0.376 e. The maximum Gasteiger partial charge on any atom is 0.0700 e. The van der Waals surface area contributed by atoms with Gasteiger partial charge in [0.1, 0.15) is 0 Å². The van der Waals surface area contributed by atoms with Crippen LogP contribution in [0.3, 0.4) is 0 Å². The van der Waals surface area contributed by atoms with Crippen LogP contribution in [0.2, 0.25) is 0 Å². The van der Waals surface area contributed by atoms with E-state index in [4.69, 9.17) is 4.74 Å². The highest BCUT2D eigenvalue weighted by Gasteiger charge is 2.11. The Labute approximate surface area is 81.5 Å². The van der Waals surface area contributed by atoms with E-state index in [0.717, 1.165) is 19.7 Å². The summed E-state index contributed by atoms with van der Waals surface area (Å²) < 4.78 is 5.56. The van der Waals surface area contributed by atoms with Crippen LogP contribution in [0.15, 0.2) is 0 Å². The highest BCUT2D eigenvalue weighted by atomic mass is 35.5. The topological polar surface area (TPSA) is 21.3 Å². The maximum atomic E-state index is 5.56. The third-order valence-electron chi connectivity index (χ3n) is 2.13. The fraction of sp³-hybridized carbons (Fsp3) is 1.00. The zero-order valence-corrected chi connectivity index (χ0v) is 8.66. The highest BCUT2D eigenvalue weighted by Crippen LogP contribution is 2.07. The van der Waals surface area contributed by atoms with Gasteiger partial charge in [-0.2, -0.15) is 0 Å². The zero-order valence-electron chi connectivity index (χ0n) is 7.84. The molecule has 0 aliphatic carbocycles. The SMILES string of the molecule is CCCCCC1CNCCO1.Cl. The molecule has 0 radical (unpaired) electrons. The van der Waals surface area contributed by atoms with E-state index in [2.05, 4.69) is 12.2 Å². The molecule has 3 heteroatoms. The molecule has 1 heterocycles. The molecule has 0 amide bonds. The molecule has 1 aliphatic rings. The first-order valence-electron chi connectivity index (χ1n) is 4.76. The molecule has 1 aliphatic heterocycles. The van der Waals surface area contributed by atoms with Crippen molar-refractivity contribution in [1.29, 1.82) is 0 Å². The van der Waals surface area contributed by atoms with E-state index in [9.17, 15) is 0 Å². The summed E-state index contributed by atoms with van der Waals surface area (Å²) in [5.74, 6) is 0. The molecular formula is C9H20ClNO. The molecule has 0 aromatic rings. The van der Waals surface area contributed by atoms with Gasteiger partial charge in [0.25, 0.3) is 0 Å². The summed E-state index contributed by atoms with van der Waals surface area (Å²) in [5.41, 5.74) is 0. The second-order valence-corrected chi connectivity index (χ2v) is 3.19. The van der Waals surface area contributed by atoms with Crippen LogP contribution in [-0.2, 0) is 4.74 Å². The number of nitrogens with one attached hydrogen (secondary N) is 1. The molecular weight excluding hydrogens is 174 g/mol. The first-order valence-corrected chi connectivity index (χ1v) is 4.76. The Balaban J connectivity index is 0.00000121. The number of hydrogen-bond donors (Lipinski definition) is 1. The van der Waals surface area contributed by atoms with Gasteiger partial charge in [-0.3, -0.25) is 0 Å². The van der Waals surface area contributed by atoms with Crippen LogP contribution in [0.5, 0.6) is 0 Å². The molecule has 1 saturated heterocycles. The molecule has 1 rings (SSSR count). The second kappa shape index (κ2) is 7.84. The summed E-state index contributed by atoms with van der Waals surface area (Å²) in [5, 5.41) is 3.34. The average Bonchev–Trinajstić information content (AvgIpc) is 2.07. The van der Waals surface area contributed by atoms with Crippen molar-refractivity contribution in [3.05, 3.63) is 0 Å². The van der Waals surface area contributed by atoms with E-state index >= 15 is 0 Å². The summed E-state index contributed by atoms with van der Waals surface area (Å²) in [7, 11) is 0. The summed E-state index contributed by atoms with van der Waals surface area (Å²) in [4.78, 5) is 0. The van der Waals surface area contributed by atoms with Crippen molar-refractivity contribution in [2.45, 2.75) is 38.7 Å². The number of unbranched alkanes of at least 4 members (excludes halogenated alkanes) is 2. The minimum absolute atomic E-state index is 0. The van der Waals surface area contributed by atoms with Crippen molar-refractivity contribution in [3.8, 4) is 0 Å². The lowest BCUT2D eigenvalue weighted by atomic mass is 10.1. The van der Waals surface area contributed by atoms with Gasteiger partial charge in [-0.1, -0.05) is 26.2 Å². The van der Waals surface area contributed by atoms with Gasteiger partial charge in [0.2, 0.25) is 0 Å². The van der Waals surface area contributed by atoms with Gasteiger partial charge in [0.05, 0.1) is 12.7 Å². The van der Waals surface area contributed by atoms with Gasteiger partial charge in [-0.05, 0) is 6.42 Å². The molecule has 0 spiro atoms. The molecule has 1 atom stereocenters. The first kappa shape index (κ1) is 12.2. The number of morpholine rings is 1. The Morgan fingerprint density at radius 2 is 2.25 bits per heavy atom. The van der Waals surface area contributed by atoms with Gasteiger partial charge < -0.3 is 10.1 Å². The van der Waals surface area contributed by atoms with Crippen LogP contribution < -0.4 is 5.32 Å². The second-order valence-electron chi connectivity index (χ2n) is 3.19. The van der Waals surface area contributed by atoms with E-state index in [0.29, 0.717) is 6.10 Å². The average molecular weight is 194 g/mol. The van der Waals surface area contributed by atoms with Crippen LogP contribution >= 0.6 is 12.4 Å². The van der Waals surface area contributed by atoms with E-state index in [1.165, 1.54) is 25.7 Å². The quantitative estimate of drug-likeness (QED) is 0.690. The lowest BCUT2D eigenvalue weighted by Crippen LogP contribution is -2.38. The zero-order chi connectivity index (χ0) is 7.94. The largest absolute Gasteiger partial charge is 0.376 e. The van der Waals surface area contributed by atoms with E-state index in [1.807, 2.05) is 0 Å². The van der Waals surface area contributed by atoms with Crippen molar-refractivity contribution in [2.24, 2.45) is 0 Å². The minimum atomic E-state index is 0. The third kappa shape index (κ3) is 4.96. The predicted octanol–water partition coefficient (Wildman–Crippen LogP) is 1.98. The highest BCUT2D eigenvalue weighted by molar-refractivity contribution is 5.85. The predicted molar refractivity (Wildman–Crippen MR) is 54.0 cm³/mol. The van der Waals surface area contributed by atoms with Gasteiger partial charge in [0.15, 0.2) is 0 Å². The Kier molecular flexibility index (Phi) is 7.98. The van der Waals surface area contributed by atoms with E-state index < -0.39 is 0 Å². The summed E-state index contributed by atoms with van der Waals surface area (Å²) >= 11 is 0. The van der Waals surface area contributed by atoms with E-state index in [-0.39, 0.29) is 12.4 Å². The first-order chi connectivity index (χ1) is 5.43. The van der Waals surface area contributed by atoms with Crippen molar-refractivity contribution < 1.29 is 4.74 Å². The van der Waals surface area contributed by atoms with Gasteiger partial charge in [-0.15, -0.1) is 12.4 Å². The molecule has 0 bridgehead atoms. The van der Waals surface area contributed by atoms with E-state index in [1.54, 1.807) is 0 Å². The summed E-state index contributed by atoms with van der Waals surface area (Å²) in [6, 6.07) is 0. The van der Waals surface area contributed by atoms with Crippen molar-refractivity contribution >= 4 is 12.4 Å². The molecule has 74 valence electrons. The Hall–Kier alpha value is 0.210. The molecule has 1 unspecified atom stereocenters. The van der Waals surface area contributed by atoms with Crippen LogP contribution in [0.4, 0.5) is 0 Å². The van der Waals surface area contributed by atoms with Gasteiger partial charge in [-0.25, -0.2) is 0 Å². The van der Waals surface area contributed by atoms with Crippen molar-refractivity contribution in [3.63, 3.8) is 0 Å². The fourth-order valence-corrected chi connectivity index (χ4v) is 1.43. The fourth-order valence-electron chi connectivity index (χ4n) is 1.43. The smallest absolute Gasteiger partial charge is 0.0700 e. The summed E-state index contributed by atoms with van der Waals surface area (Å²) in [6.45, 7) is 5.23. The van der Waals surface area contributed by atoms with Crippen LogP contribution in [-0.4, -0.2) is 25.8 Å². The maximum absolute atomic E-state index is 5.56. The van der Waals surface area contributed by atoms with Gasteiger partial charge in [0, 0.05) is 13.1 Å². The summed E-state index contributed by atoms with van der Waals surface area (Å²) in [6.07, 6.45) is 5.71. The lowest BCUT2D eigenvalue weighted by molar-refractivity contribution is 0.0221. The normalized spacial score (nSPS) is 23.2. The monoisotopic (exact) mass is 193 g/mol. The molecule has 1 fully saturated rings. The van der Waals surface area contributed by atoms with Crippen LogP contribution in [0.1, 0.15) is 32.6 Å². The number of ether oxygens (including phenoxy) is 1. The molecule has 12 heavy (non-hydrogen) atoms. The van der Waals surface area contributed by atoms with Gasteiger partial charge >= 0.3 is 0 Å². The third-order valence-corrected chi connectivity index (χ3v) is 2.13. The Morgan fingerprint density at radius 3 is 2.83 bits per heavy atom. The molecule has 1 N–H and O–H groups in total. The Bertz CT molecular complexity index is 94.5. The molecule has 0 aromatic heterocycles. The van der Waals surface area contributed by atoms with Crippen LogP contribution in [0, 0.1) is 0 Å². The number of halogens is 1. The number of rotatable bonds is 4. The molecule has 2 nitrogen and oxygen atoms in total. The van der Waals surface area contributed by atoms with Crippen LogP contribution in [0.25, 0.3) is 0 Å². The van der Waals surface area contributed by atoms with Crippen molar-refractivity contribution in [1.82, 2.24) is 5.32 Å². The Morgan fingerprint density at radius 1 is 1.42 bits per heavy atom. The number of hydrogen-bond acceptors (Lipinski definition) is 2. The standard InChI is InChI=1S/C9H19NO.ClH/c1-2-3-4-5-9-8-10-6-7-11-9;/h9-10H,2-8H2,1H3;1H.